The minimum atomic E-state index is 0.715. The molecular formula is C11H23NOS. The highest BCUT2D eigenvalue weighted by atomic mass is 32.2. The molecule has 1 rings (SSSR count). The van der Waals surface area contributed by atoms with E-state index in [-0.39, 0.29) is 0 Å². The van der Waals surface area contributed by atoms with Gasteiger partial charge in [-0.15, -0.1) is 0 Å². The van der Waals surface area contributed by atoms with Gasteiger partial charge in [0.2, 0.25) is 0 Å². The molecule has 1 aliphatic heterocycles. The zero-order chi connectivity index (χ0) is 10.1. The first-order valence-electron chi connectivity index (χ1n) is 5.73. The van der Waals surface area contributed by atoms with Crippen molar-refractivity contribution in [3.05, 3.63) is 0 Å². The van der Waals surface area contributed by atoms with Gasteiger partial charge in [-0.05, 0) is 50.7 Å². The quantitative estimate of drug-likeness (QED) is 0.690. The Morgan fingerprint density at radius 1 is 1.29 bits per heavy atom. The van der Waals surface area contributed by atoms with Gasteiger partial charge in [-0.2, -0.15) is 11.8 Å². The summed E-state index contributed by atoms with van der Waals surface area (Å²) in [6.07, 6.45) is 8.55. The molecule has 0 radical (unpaired) electrons. The van der Waals surface area contributed by atoms with Crippen molar-refractivity contribution in [1.82, 2.24) is 5.32 Å². The summed E-state index contributed by atoms with van der Waals surface area (Å²) in [5, 5.41) is 3.63. The van der Waals surface area contributed by atoms with Crippen molar-refractivity contribution in [2.75, 3.05) is 31.8 Å². The van der Waals surface area contributed by atoms with Crippen molar-refractivity contribution in [1.29, 1.82) is 0 Å². The number of rotatable bonds is 6. The summed E-state index contributed by atoms with van der Waals surface area (Å²) in [7, 11) is 0. The molecule has 0 spiro atoms. The van der Waals surface area contributed by atoms with Crippen LogP contribution < -0.4 is 5.32 Å². The third kappa shape index (κ3) is 5.89. The molecule has 0 aromatic carbocycles. The molecule has 1 N–H and O–H groups in total. The van der Waals surface area contributed by atoms with Gasteiger partial charge >= 0.3 is 0 Å². The molecule has 1 aliphatic rings. The van der Waals surface area contributed by atoms with Crippen molar-refractivity contribution in [2.45, 2.75) is 38.1 Å². The van der Waals surface area contributed by atoms with Gasteiger partial charge < -0.3 is 10.1 Å². The minimum absolute atomic E-state index is 0.715. The van der Waals surface area contributed by atoms with E-state index in [1.165, 1.54) is 44.4 Å². The fourth-order valence-corrected chi connectivity index (χ4v) is 2.28. The van der Waals surface area contributed by atoms with Crippen LogP contribution in [0.1, 0.15) is 32.1 Å². The van der Waals surface area contributed by atoms with Crippen molar-refractivity contribution in [3.8, 4) is 0 Å². The molecule has 0 aromatic heterocycles. The number of nitrogens with one attached hydrogen (secondary N) is 1. The van der Waals surface area contributed by atoms with E-state index in [1.54, 1.807) is 0 Å². The van der Waals surface area contributed by atoms with E-state index in [0.717, 1.165) is 13.2 Å². The summed E-state index contributed by atoms with van der Waals surface area (Å²) in [6, 6.07) is 0.715. The molecule has 1 fully saturated rings. The van der Waals surface area contributed by atoms with Crippen LogP contribution in [-0.2, 0) is 4.74 Å². The predicted molar refractivity (Wildman–Crippen MR) is 64.1 cm³/mol. The Morgan fingerprint density at radius 2 is 2.21 bits per heavy atom. The fourth-order valence-electron chi connectivity index (χ4n) is 1.79. The van der Waals surface area contributed by atoms with Crippen LogP contribution in [-0.4, -0.2) is 37.8 Å². The molecular weight excluding hydrogens is 194 g/mol. The Kier molecular flexibility index (Phi) is 7.55. The first kappa shape index (κ1) is 12.3. The van der Waals surface area contributed by atoms with Gasteiger partial charge in [-0.25, -0.2) is 0 Å². The maximum atomic E-state index is 5.43. The van der Waals surface area contributed by atoms with Gasteiger partial charge in [0.1, 0.15) is 0 Å². The van der Waals surface area contributed by atoms with Crippen molar-refractivity contribution >= 4 is 11.8 Å². The summed E-state index contributed by atoms with van der Waals surface area (Å²) in [5.74, 6) is 1.30. The Labute approximate surface area is 92.2 Å². The highest BCUT2D eigenvalue weighted by Gasteiger charge is 2.10. The van der Waals surface area contributed by atoms with Crippen LogP contribution in [0.2, 0.25) is 0 Å². The number of unbranched alkanes of at least 4 members (excludes halogenated alkanes) is 1. The first-order valence-corrected chi connectivity index (χ1v) is 7.13. The lowest BCUT2D eigenvalue weighted by atomic mass is 10.1. The van der Waals surface area contributed by atoms with Crippen LogP contribution in [0.25, 0.3) is 0 Å². The molecule has 1 atom stereocenters. The van der Waals surface area contributed by atoms with E-state index in [9.17, 15) is 0 Å². The topological polar surface area (TPSA) is 21.3 Å². The smallest absolute Gasteiger partial charge is 0.0480 e. The van der Waals surface area contributed by atoms with Crippen LogP contribution in [0.4, 0.5) is 0 Å². The molecule has 1 heterocycles. The third-order valence-electron chi connectivity index (χ3n) is 2.66. The second-order valence-corrected chi connectivity index (χ2v) is 4.88. The first-order chi connectivity index (χ1) is 6.93. The van der Waals surface area contributed by atoms with Gasteiger partial charge in [-0.1, -0.05) is 0 Å². The maximum Gasteiger partial charge on any atom is 0.0480 e. The summed E-state index contributed by atoms with van der Waals surface area (Å²) in [4.78, 5) is 0. The lowest BCUT2D eigenvalue weighted by Gasteiger charge is -2.15. The van der Waals surface area contributed by atoms with Crippen LogP contribution in [0.3, 0.4) is 0 Å². The van der Waals surface area contributed by atoms with Crippen LogP contribution in [0.5, 0.6) is 0 Å². The van der Waals surface area contributed by atoms with E-state index in [1.807, 2.05) is 11.8 Å². The Balaban J connectivity index is 1.93. The van der Waals surface area contributed by atoms with Crippen molar-refractivity contribution in [3.63, 3.8) is 0 Å². The second-order valence-electron chi connectivity index (χ2n) is 3.89. The molecule has 0 aliphatic carbocycles. The Bertz CT molecular complexity index is 124. The summed E-state index contributed by atoms with van der Waals surface area (Å²) < 4.78 is 5.43. The van der Waals surface area contributed by atoms with Gasteiger partial charge in [0.15, 0.2) is 0 Å². The zero-order valence-electron chi connectivity index (χ0n) is 9.26. The molecule has 1 unspecified atom stereocenters. The lowest BCUT2D eigenvalue weighted by molar-refractivity contribution is 0.142. The normalized spacial score (nSPS) is 23.4. The molecule has 3 heteroatoms. The number of hydrogen-bond acceptors (Lipinski definition) is 3. The molecule has 84 valence electrons. The van der Waals surface area contributed by atoms with E-state index in [0.29, 0.717) is 6.04 Å². The molecule has 0 bridgehead atoms. The SMILES string of the molecule is CSCCCCNC1CCCOCC1. The van der Waals surface area contributed by atoms with E-state index < -0.39 is 0 Å². The molecule has 0 amide bonds. The Hall–Kier alpha value is 0.270. The number of thioether (sulfide) groups is 1. The van der Waals surface area contributed by atoms with Crippen LogP contribution in [0, 0.1) is 0 Å². The van der Waals surface area contributed by atoms with Gasteiger partial charge in [0.05, 0.1) is 0 Å². The highest BCUT2D eigenvalue weighted by molar-refractivity contribution is 7.98. The summed E-state index contributed by atoms with van der Waals surface area (Å²) >= 11 is 1.94. The van der Waals surface area contributed by atoms with Crippen LogP contribution in [0.15, 0.2) is 0 Å². The van der Waals surface area contributed by atoms with Crippen LogP contribution >= 0.6 is 11.8 Å². The highest BCUT2D eigenvalue weighted by Crippen LogP contribution is 2.08. The average molecular weight is 217 g/mol. The largest absolute Gasteiger partial charge is 0.381 e. The van der Waals surface area contributed by atoms with Gasteiger partial charge in [0.25, 0.3) is 0 Å². The third-order valence-corrected chi connectivity index (χ3v) is 3.36. The summed E-state index contributed by atoms with van der Waals surface area (Å²) in [5.41, 5.74) is 0. The average Bonchev–Trinajstić information content (AvgIpc) is 2.46. The van der Waals surface area contributed by atoms with E-state index in [2.05, 4.69) is 11.6 Å². The number of hydrogen-bond donors (Lipinski definition) is 1. The fraction of sp³-hybridized carbons (Fsp3) is 1.00. The molecule has 1 saturated heterocycles. The molecule has 0 saturated carbocycles. The lowest BCUT2D eigenvalue weighted by Crippen LogP contribution is -2.30. The van der Waals surface area contributed by atoms with Gasteiger partial charge in [0, 0.05) is 19.3 Å². The predicted octanol–water partition coefficient (Wildman–Crippen LogP) is 2.29. The van der Waals surface area contributed by atoms with Crippen molar-refractivity contribution in [2.24, 2.45) is 0 Å². The van der Waals surface area contributed by atoms with E-state index in [4.69, 9.17) is 4.74 Å². The summed E-state index contributed by atoms with van der Waals surface area (Å²) in [6.45, 7) is 3.10. The van der Waals surface area contributed by atoms with Gasteiger partial charge in [-0.3, -0.25) is 0 Å². The molecule has 0 aromatic rings. The Morgan fingerprint density at radius 3 is 3.07 bits per heavy atom. The molecule has 14 heavy (non-hydrogen) atoms. The zero-order valence-corrected chi connectivity index (χ0v) is 10.1. The second kappa shape index (κ2) is 8.57. The van der Waals surface area contributed by atoms with E-state index >= 15 is 0 Å². The van der Waals surface area contributed by atoms with Crippen molar-refractivity contribution < 1.29 is 4.74 Å². The molecule has 2 nitrogen and oxygen atoms in total. The number of ether oxygens (including phenoxy) is 1. The maximum absolute atomic E-state index is 5.43. The standard InChI is InChI=1S/C11H23NOS/c1-14-10-3-2-7-12-11-5-4-8-13-9-6-11/h11-12H,2-10H2,1H3. The minimum Gasteiger partial charge on any atom is -0.381 e. The monoisotopic (exact) mass is 217 g/mol.